The van der Waals surface area contributed by atoms with Crippen LogP contribution in [0.5, 0.6) is 0 Å². The smallest absolute Gasteiger partial charge is 0.267 e. The maximum atomic E-state index is 12.0. The van der Waals surface area contributed by atoms with Crippen LogP contribution in [0.2, 0.25) is 10.0 Å². The van der Waals surface area contributed by atoms with Gasteiger partial charge < -0.3 is 10.6 Å². The Balaban J connectivity index is 2.08. The van der Waals surface area contributed by atoms with E-state index in [1.165, 1.54) is 12.3 Å². The number of carbonyl (C=O) groups excluding carboxylic acids is 1. The van der Waals surface area contributed by atoms with E-state index in [1.54, 1.807) is 36.7 Å². The number of nitriles is 1. The summed E-state index contributed by atoms with van der Waals surface area (Å²) in [5, 5.41) is 15.2. The van der Waals surface area contributed by atoms with Crippen molar-refractivity contribution >= 4 is 40.5 Å². The van der Waals surface area contributed by atoms with Crippen LogP contribution in [0.3, 0.4) is 0 Å². The maximum Gasteiger partial charge on any atom is 0.267 e. The molecule has 5 nitrogen and oxygen atoms in total. The van der Waals surface area contributed by atoms with Crippen LogP contribution in [0, 0.1) is 11.3 Å². The summed E-state index contributed by atoms with van der Waals surface area (Å²) in [6, 6.07) is 9.98. The Morgan fingerprint density at radius 1 is 1.23 bits per heavy atom. The molecule has 0 atom stereocenters. The Bertz CT molecular complexity index is 754. The van der Waals surface area contributed by atoms with Crippen molar-refractivity contribution < 1.29 is 4.79 Å². The van der Waals surface area contributed by atoms with Crippen molar-refractivity contribution in [2.75, 3.05) is 10.6 Å². The summed E-state index contributed by atoms with van der Waals surface area (Å²) in [7, 11) is 0. The highest BCUT2D eigenvalue weighted by Crippen LogP contribution is 2.25. The van der Waals surface area contributed by atoms with Crippen molar-refractivity contribution in [3.63, 3.8) is 0 Å². The number of benzene rings is 1. The highest BCUT2D eigenvalue weighted by Gasteiger charge is 2.10. The summed E-state index contributed by atoms with van der Waals surface area (Å²) in [6.07, 6.45) is 4.50. The van der Waals surface area contributed by atoms with E-state index < -0.39 is 5.91 Å². The van der Waals surface area contributed by atoms with E-state index >= 15 is 0 Å². The van der Waals surface area contributed by atoms with E-state index in [0.29, 0.717) is 21.4 Å². The lowest BCUT2D eigenvalue weighted by Gasteiger charge is -2.06. The second-order valence-electron chi connectivity index (χ2n) is 4.14. The van der Waals surface area contributed by atoms with Gasteiger partial charge in [0.2, 0.25) is 0 Å². The fourth-order valence-corrected chi connectivity index (χ4v) is 1.82. The van der Waals surface area contributed by atoms with Crippen LogP contribution in [0.4, 0.5) is 11.4 Å². The Kier molecular flexibility index (Phi) is 5.37. The van der Waals surface area contributed by atoms with Crippen molar-refractivity contribution in [3.05, 3.63) is 64.5 Å². The number of hydrogen-bond donors (Lipinski definition) is 2. The Hall–Kier alpha value is -2.55. The number of rotatable bonds is 4. The first-order chi connectivity index (χ1) is 10.6. The fourth-order valence-electron chi connectivity index (χ4n) is 1.52. The van der Waals surface area contributed by atoms with Gasteiger partial charge in [0.05, 0.1) is 21.9 Å². The van der Waals surface area contributed by atoms with Crippen LogP contribution in [0.15, 0.2) is 54.5 Å². The van der Waals surface area contributed by atoms with Crippen LogP contribution in [-0.4, -0.2) is 10.9 Å². The van der Waals surface area contributed by atoms with Gasteiger partial charge in [0, 0.05) is 18.1 Å². The molecule has 1 heterocycles. The van der Waals surface area contributed by atoms with Gasteiger partial charge in [-0.1, -0.05) is 23.2 Å². The molecule has 0 unspecified atom stereocenters. The standard InChI is InChI=1S/C15H10Cl2N4O/c16-13-4-3-11(6-14(13)17)21-15(22)10(7-18)8-20-12-2-1-5-19-9-12/h1-6,8-9,20H,(H,21,22)/b10-8-. The summed E-state index contributed by atoms with van der Waals surface area (Å²) < 4.78 is 0. The summed E-state index contributed by atoms with van der Waals surface area (Å²) in [5.41, 5.74) is 1.02. The molecule has 7 heteroatoms. The minimum absolute atomic E-state index is 0.0880. The van der Waals surface area contributed by atoms with Gasteiger partial charge in [-0.15, -0.1) is 0 Å². The van der Waals surface area contributed by atoms with Gasteiger partial charge in [-0.25, -0.2) is 0 Å². The van der Waals surface area contributed by atoms with Gasteiger partial charge in [-0.2, -0.15) is 5.26 Å². The Labute approximate surface area is 137 Å². The number of pyridine rings is 1. The minimum Gasteiger partial charge on any atom is -0.359 e. The summed E-state index contributed by atoms with van der Waals surface area (Å²) in [5.74, 6) is -0.558. The minimum atomic E-state index is -0.558. The first-order valence-electron chi connectivity index (χ1n) is 6.13. The molecular weight excluding hydrogens is 323 g/mol. The molecule has 0 aliphatic heterocycles. The van der Waals surface area contributed by atoms with Crippen molar-refractivity contribution in [1.29, 1.82) is 5.26 Å². The molecule has 0 aliphatic rings. The third kappa shape index (κ3) is 4.22. The number of carbonyl (C=O) groups is 1. The molecule has 2 rings (SSSR count). The zero-order valence-electron chi connectivity index (χ0n) is 11.2. The Morgan fingerprint density at radius 3 is 2.68 bits per heavy atom. The lowest BCUT2D eigenvalue weighted by atomic mass is 10.2. The first kappa shape index (κ1) is 15.8. The molecule has 0 fully saturated rings. The molecule has 0 radical (unpaired) electrons. The number of amides is 1. The highest BCUT2D eigenvalue weighted by atomic mass is 35.5. The molecule has 2 N–H and O–H groups in total. The van der Waals surface area contributed by atoms with Gasteiger partial charge in [-0.05, 0) is 30.3 Å². The largest absolute Gasteiger partial charge is 0.359 e. The lowest BCUT2D eigenvalue weighted by Crippen LogP contribution is -2.14. The van der Waals surface area contributed by atoms with Crippen LogP contribution in [0.1, 0.15) is 0 Å². The van der Waals surface area contributed by atoms with E-state index in [9.17, 15) is 4.79 Å². The molecule has 1 amide bonds. The van der Waals surface area contributed by atoms with Gasteiger partial charge in [0.25, 0.3) is 5.91 Å². The number of aromatic nitrogens is 1. The molecule has 0 bridgehead atoms. The third-order valence-electron chi connectivity index (χ3n) is 2.59. The number of nitrogens with zero attached hydrogens (tertiary/aromatic N) is 2. The molecule has 2 aromatic rings. The second kappa shape index (κ2) is 7.46. The topological polar surface area (TPSA) is 77.8 Å². The molecule has 22 heavy (non-hydrogen) atoms. The SMILES string of the molecule is N#C/C(=C/Nc1cccnc1)C(=O)Nc1ccc(Cl)c(Cl)c1. The summed E-state index contributed by atoms with van der Waals surface area (Å²) in [4.78, 5) is 15.9. The maximum absolute atomic E-state index is 12.0. The van der Waals surface area contributed by atoms with Gasteiger partial charge in [0.1, 0.15) is 11.6 Å². The predicted molar refractivity (Wildman–Crippen MR) is 86.6 cm³/mol. The second-order valence-corrected chi connectivity index (χ2v) is 4.95. The first-order valence-corrected chi connectivity index (χ1v) is 6.89. The van der Waals surface area contributed by atoms with Crippen LogP contribution in [-0.2, 0) is 4.79 Å². The monoisotopic (exact) mass is 332 g/mol. The molecule has 0 spiro atoms. The molecule has 0 saturated carbocycles. The number of hydrogen-bond acceptors (Lipinski definition) is 4. The average molecular weight is 333 g/mol. The zero-order chi connectivity index (χ0) is 15.9. The quantitative estimate of drug-likeness (QED) is 0.658. The van der Waals surface area contributed by atoms with E-state index in [1.807, 2.05) is 6.07 Å². The van der Waals surface area contributed by atoms with Crippen molar-refractivity contribution in [2.24, 2.45) is 0 Å². The molecule has 1 aromatic carbocycles. The number of nitrogens with one attached hydrogen (secondary N) is 2. The molecule has 0 saturated heterocycles. The van der Waals surface area contributed by atoms with Crippen molar-refractivity contribution in [1.82, 2.24) is 4.98 Å². The van der Waals surface area contributed by atoms with E-state index in [0.717, 1.165) is 0 Å². The van der Waals surface area contributed by atoms with Crippen molar-refractivity contribution in [3.8, 4) is 6.07 Å². The molecule has 110 valence electrons. The van der Waals surface area contributed by atoms with Crippen molar-refractivity contribution in [2.45, 2.75) is 0 Å². The highest BCUT2D eigenvalue weighted by molar-refractivity contribution is 6.42. The molecule has 1 aromatic heterocycles. The van der Waals surface area contributed by atoms with Crippen LogP contribution >= 0.6 is 23.2 Å². The molecule has 0 aliphatic carbocycles. The fraction of sp³-hybridized carbons (Fsp3) is 0. The normalized spacial score (nSPS) is 10.7. The van der Waals surface area contributed by atoms with Gasteiger partial charge in [-0.3, -0.25) is 9.78 Å². The van der Waals surface area contributed by atoms with E-state index in [-0.39, 0.29) is 5.57 Å². The summed E-state index contributed by atoms with van der Waals surface area (Å²) >= 11 is 11.7. The number of anilines is 2. The third-order valence-corrected chi connectivity index (χ3v) is 3.33. The van der Waals surface area contributed by atoms with E-state index in [4.69, 9.17) is 28.5 Å². The van der Waals surface area contributed by atoms with E-state index in [2.05, 4.69) is 15.6 Å². The predicted octanol–water partition coefficient (Wildman–Crippen LogP) is 3.85. The zero-order valence-corrected chi connectivity index (χ0v) is 12.7. The van der Waals surface area contributed by atoms with Gasteiger partial charge in [0.15, 0.2) is 0 Å². The number of halogens is 2. The van der Waals surface area contributed by atoms with Crippen LogP contribution in [0.25, 0.3) is 0 Å². The molecular formula is C15H10Cl2N4O. The van der Waals surface area contributed by atoms with Gasteiger partial charge >= 0.3 is 0 Å². The van der Waals surface area contributed by atoms with Crippen LogP contribution < -0.4 is 10.6 Å². The lowest BCUT2D eigenvalue weighted by molar-refractivity contribution is -0.112. The Morgan fingerprint density at radius 2 is 2.05 bits per heavy atom. The summed E-state index contributed by atoms with van der Waals surface area (Å²) in [6.45, 7) is 0. The average Bonchev–Trinajstić information content (AvgIpc) is 2.52.